The van der Waals surface area contributed by atoms with Crippen LogP contribution in [0.4, 0.5) is 4.79 Å². The topological polar surface area (TPSA) is 76.1 Å². The molecule has 88 valence electrons. The third-order valence-electron chi connectivity index (χ3n) is 1.50. The lowest BCUT2D eigenvalue weighted by Crippen LogP contribution is -2.40. The lowest BCUT2D eigenvalue weighted by molar-refractivity contribution is 0.0497. The van der Waals surface area contributed by atoms with Gasteiger partial charge in [0, 0.05) is 24.5 Å². The highest BCUT2D eigenvalue weighted by atomic mass is 16.6. The minimum Gasteiger partial charge on any atom is -0.443 e. The number of hydrogen-bond acceptors (Lipinski definition) is 5. The maximum atomic E-state index is 11.2. The highest BCUT2D eigenvalue weighted by molar-refractivity contribution is 5.66. The minimum atomic E-state index is -0.510. The van der Waals surface area contributed by atoms with Crippen LogP contribution in [-0.2, 0) is 11.3 Å². The first kappa shape index (κ1) is 12.4. The molecule has 0 spiro atoms. The van der Waals surface area contributed by atoms with Gasteiger partial charge in [0.15, 0.2) is 0 Å². The van der Waals surface area contributed by atoms with Gasteiger partial charge in [0.1, 0.15) is 11.9 Å². The fourth-order valence-corrected chi connectivity index (χ4v) is 0.943. The first-order valence-electron chi connectivity index (χ1n) is 4.93. The molecule has 0 bridgehead atoms. The summed E-state index contributed by atoms with van der Waals surface area (Å²) in [5, 5.41) is 0. The number of rotatable bonds is 3. The molecule has 0 aliphatic heterocycles. The van der Waals surface area contributed by atoms with E-state index in [9.17, 15) is 4.79 Å². The number of hydrazine groups is 1. The number of aromatic nitrogens is 2. The van der Waals surface area contributed by atoms with Crippen LogP contribution in [0.1, 0.15) is 26.3 Å². The Morgan fingerprint density at radius 1 is 1.38 bits per heavy atom. The second kappa shape index (κ2) is 5.41. The molecule has 1 aromatic heterocycles. The number of carbonyl (C=O) groups excluding carboxylic acids is 1. The van der Waals surface area contributed by atoms with Crippen molar-refractivity contribution in [2.75, 3.05) is 0 Å². The summed E-state index contributed by atoms with van der Waals surface area (Å²) >= 11 is 0. The van der Waals surface area contributed by atoms with Crippen molar-refractivity contribution in [2.45, 2.75) is 32.9 Å². The number of nitrogens with zero attached hydrogens (tertiary/aromatic N) is 2. The summed E-state index contributed by atoms with van der Waals surface area (Å²) in [6.45, 7) is 5.85. The van der Waals surface area contributed by atoms with E-state index < -0.39 is 11.7 Å². The van der Waals surface area contributed by atoms with Crippen LogP contribution in [0.15, 0.2) is 18.7 Å². The Balaban J connectivity index is 2.24. The molecule has 0 fully saturated rings. The highest BCUT2D eigenvalue weighted by Crippen LogP contribution is 2.05. The summed E-state index contributed by atoms with van der Waals surface area (Å²) in [4.78, 5) is 18.9. The largest absolute Gasteiger partial charge is 0.443 e. The Kier molecular flexibility index (Phi) is 4.19. The van der Waals surface area contributed by atoms with Gasteiger partial charge in [-0.15, -0.1) is 0 Å². The van der Waals surface area contributed by atoms with E-state index in [1.165, 1.54) is 6.33 Å². The molecule has 1 heterocycles. The Bertz CT molecular complexity index is 334. The van der Waals surface area contributed by atoms with Crippen molar-refractivity contribution in [2.24, 2.45) is 0 Å². The van der Waals surface area contributed by atoms with E-state index in [0.29, 0.717) is 6.54 Å². The number of hydrogen-bond donors (Lipinski definition) is 2. The summed E-state index contributed by atoms with van der Waals surface area (Å²) in [5.41, 5.74) is 5.52. The van der Waals surface area contributed by atoms with Gasteiger partial charge in [-0.3, -0.25) is 5.43 Å². The molecule has 0 aliphatic carbocycles. The summed E-state index contributed by atoms with van der Waals surface area (Å²) < 4.78 is 5.03. The highest BCUT2D eigenvalue weighted by Gasteiger charge is 2.15. The average molecular weight is 224 g/mol. The van der Waals surface area contributed by atoms with E-state index in [1.807, 2.05) is 0 Å². The van der Waals surface area contributed by atoms with Crippen molar-refractivity contribution in [3.05, 3.63) is 24.3 Å². The predicted octanol–water partition coefficient (Wildman–Crippen LogP) is 1.01. The normalized spacial score (nSPS) is 10.9. The Morgan fingerprint density at radius 3 is 2.56 bits per heavy atom. The van der Waals surface area contributed by atoms with Crippen LogP contribution in [0.5, 0.6) is 0 Å². The van der Waals surface area contributed by atoms with Gasteiger partial charge in [-0.25, -0.2) is 20.2 Å². The predicted molar refractivity (Wildman–Crippen MR) is 58.2 cm³/mol. The lowest BCUT2D eigenvalue weighted by Gasteiger charge is -2.19. The van der Waals surface area contributed by atoms with Crippen LogP contribution in [0.2, 0.25) is 0 Å². The lowest BCUT2D eigenvalue weighted by atomic mass is 10.2. The molecule has 0 radical (unpaired) electrons. The van der Waals surface area contributed by atoms with E-state index in [2.05, 4.69) is 20.8 Å². The second-order valence-electron chi connectivity index (χ2n) is 4.23. The Labute approximate surface area is 94.4 Å². The molecular formula is C10H16N4O2. The second-order valence-corrected chi connectivity index (χ2v) is 4.23. The van der Waals surface area contributed by atoms with E-state index in [4.69, 9.17) is 4.74 Å². The number of carbonyl (C=O) groups is 1. The monoisotopic (exact) mass is 224 g/mol. The Morgan fingerprint density at radius 2 is 2.00 bits per heavy atom. The van der Waals surface area contributed by atoms with Crippen molar-refractivity contribution in [1.29, 1.82) is 0 Å². The van der Waals surface area contributed by atoms with Crippen molar-refractivity contribution < 1.29 is 9.53 Å². The SMILES string of the molecule is CC(C)(C)OC(=O)NNCc1cncnc1. The molecule has 0 unspecified atom stereocenters. The van der Waals surface area contributed by atoms with Crippen molar-refractivity contribution in [1.82, 2.24) is 20.8 Å². The van der Waals surface area contributed by atoms with Crippen LogP contribution in [-0.4, -0.2) is 21.7 Å². The van der Waals surface area contributed by atoms with Crippen LogP contribution < -0.4 is 10.9 Å². The third kappa shape index (κ3) is 5.26. The van der Waals surface area contributed by atoms with Crippen LogP contribution >= 0.6 is 0 Å². The molecule has 0 saturated carbocycles. The molecular weight excluding hydrogens is 208 g/mol. The number of ether oxygens (including phenoxy) is 1. The van der Waals surface area contributed by atoms with E-state index in [1.54, 1.807) is 33.2 Å². The smallest absolute Gasteiger partial charge is 0.422 e. The zero-order valence-corrected chi connectivity index (χ0v) is 9.65. The molecule has 0 aromatic carbocycles. The van der Waals surface area contributed by atoms with Gasteiger partial charge in [0.05, 0.1) is 0 Å². The minimum absolute atomic E-state index is 0.445. The van der Waals surface area contributed by atoms with Crippen LogP contribution in [0, 0.1) is 0 Å². The molecule has 6 heteroatoms. The maximum Gasteiger partial charge on any atom is 0.422 e. The first-order valence-corrected chi connectivity index (χ1v) is 4.93. The van der Waals surface area contributed by atoms with Crippen LogP contribution in [0.3, 0.4) is 0 Å². The standard InChI is InChI=1S/C10H16N4O2/c1-10(2,3)16-9(15)14-13-6-8-4-11-7-12-5-8/h4-5,7,13H,6H2,1-3H3,(H,14,15). The zero-order valence-electron chi connectivity index (χ0n) is 9.65. The zero-order chi connectivity index (χ0) is 12.0. The molecule has 6 nitrogen and oxygen atoms in total. The summed E-state index contributed by atoms with van der Waals surface area (Å²) in [7, 11) is 0. The molecule has 1 rings (SSSR count). The van der Waals surface area contributed by atoms with Crippen LogP contribution in [0.25, 0.3) is 0 Å². The maximum absolute atomic E-state index is 11.2. The van der Waals surface area contributed by atoms with E-state index >= 15 is 0 Å². The van der Waals surface area contributed by atoms with Gasteiger partial charge in [-0.1, -0.05) is 0 Å². The van der Waals surface area contributed by atoms with E-state index in [0.717, 1.165) is 5.56 Å². The molecule has 1 aromatic rings. The summed E-state index contributed by atoms with van der Waals surface area (Å²) in [5.74, 6) is 0. The van der Waals surface area contributed by atoms with E-state index in [-0.39, 0.29) is 0 Å². The first-order chi connectivity index (χ1) is 7.47. The summed E-state index contributed by atoms with van der Waals surface area (Å²) in [6.07, 6.45) is 4.27. The average Bonchev–Trinajstić information content (AvgIpc) is 2.16. The van der Waals surface area contributed by atoms with Gasteiger partial charge in [-0.2, -0.15) is 0 Å². The van der Waals surface area contributed by atoms with Gasteiger partial charge in [0.2, 0.25) is 0 Å². The fourth-order valence-electron chi connectivity index (χ4n) is 0.943. The quantitative estimate of drug-likeness (QED) is 0.749. The fraction of sp³-hybridized carbons (Fsp3) is 0.500. The molecule has 0 saturated heterocycles. The van der Waals surface area contributed by atoms with Gasteiger partial charge in [0.25, 0.3) is 0 Å². The Hall–Kier alpha value is -1.69. The molecule has 0 atom stereocenters. The molecule has 16 heavy (non-hydrogen) atoms. The molecule has 1 amide bonds. The van der Waals surface area contributed by atoms with Crippen molar-refractivity contribution >= 4 is 6.09 Å². The number of nitrogens with one attached hydrogen (secondary N) is 2. The van der Waals surface area contributed by atoms with Gasteiger partial charge < -0.3 is 4.74 Å². The van der Waals surface area contributed by atoms with Crippen molar-refractivity contribution in [3.63, 3.8) is 0 Å². The van der Waals surface area contributed by atoms with Gasteiger partial charge >= 0.3 is 6.09 Å². The number of amides is 1. The third-order valence-corrected chi connectivity index (χ3v) is 1.50. The van der Waals surface area contributed by atoms with Crippen molar-refractivity contribution in [3.8, 4) is 0 Å². The summed E-state index contributed by atoms with van der Waals surface area (Å²) in [6, 6.07) is 0. The van der Waals surface area contributed by atoms with Gasteiger partial charge in [-0.05, 0) is 20.8 Å². The molecule has 0 aliphatic rings. The molecule has 2 N–H and O–H groups in total.